The van der Waals surface area contributed by atoms with E-state index in [0.29, 0.717) is 17.5 Å². The Bertz CT molecular complexity index is 947. The number of aromatic nitrogens is 3. The molecule has 7 heteroatoms. The fourth-order valence-electron chi connectivity index (χ4n) is 2.71. The minimum Gasteiger partial charge on any atom is -0.311 e. The molecule has 0 aliphatic rings. The van der Waals surface area contributed by atoms with Crippen molar-refractivity contribution in [3.05, 3.63) is 60.2 Å². The highest BCUT2D eigenvalue weighted by molar-refractivity contribution is 7.99. The van der Waals surface area contributed by atoms with Crippen molar-refractivity contribution >= 4 is 23.4 Å². The van der Waals surface area contributed by atoms with Gasteiger partial charge in [-0.05, 0) is 24.1 Å². The SMILES string of the molecule is CCc1ccc(-c2nc(SCC(=O)N(CCC#N)c3ccccc3)n[nH]2)cc1. The first kappa shape index (κ1) is 19.6. The maximum Gasteiger partial charge on any atom is 0.237 e. The summed E-state index contributed by atoms with van der Waals surface area (Å²) in [6.45, 7) is 2.48. The molecule has 1 heterocycles. The molecule has 0 aliphatic carbocycles. The molecule has 3 rings (SSSR count). The normalized spacial score (nSPS) is 10.4. The van der Waals surface area contributed by atoms with Crippen molar-refractivity contribution in [3.63, 3.8) is 0 Å². The Hall–Kier alpha value is -3.11. The van der Waals surface area contributed by atoms with Gasteiger partial charge in [0.25, 0.3) is 0 Å². The van der Waals surface area contributed by atoms with Crippen molar-refractivity contribution in [2.24, 2.45) is 0 Å². The first-order valence-corrected chi connectivity index (χ1v) is 10.1. The summed E-state index contributed by atoms with van der Waals surface area (Å²) in [6.07, 6.45) is 1.27. The number of aromatic amines is 1. The van der Waals surface area contributed by atoms with Crippen LogP contribution in [0, 0.1) is 11.3 Å². The Morgan fingerprint density at radius 2 is 1.93 bits per heavy atom. The molecule has 0 saturated heterocycles. The Morgan fingerprint density at radius 1 is 1.18 bits per heavy atom. The topological polar surface area (TPSA) is 85.7 Å². The van der Waals surface area contributed by atoms with Crippen LogP contribution in [0.2, 0.25) is 0 Å². The Balaban J connectivity index is 1.64. The number of benzene rings is 2. The molecule has 1 amide bonds. The van der Waals surface area contributed by atoms with Crippen molar-refractivity contribution in [3.8, 4) is 17.5 Å². The number of carbonyl (C=O) groups is 1. The van der Waals surface area contributed by atoms with Gasteiger partial charge in [0.05, 0.1) is 18.2 Å². The van der Waals surface area contributed by atoms with E-state index in [1.54, 1.807) is 4.90 Å². The monoisotopic (exact) mass is 391 g/mol. The van der Waals surface area contributed by atoms with Crippen molar-refractivity contribution in [2.45, 2.75) is 24.9 Å². The lowest BCUT2D eigenvalue weighted by atomic mass is 10.1. The molecular formula is C21H21N5OS. The largest absolute Gasteiger partial charge is 0.311 e. The van der Waals surface area contributed by atoms with Crippen molar-refractivity contribution < 1.29 is 4.79 Å². The van der Waals surface area contributed by atoms with Crippen LogP contribution in [0.25, 0.3) is 11.4 Å². The van der Waals surface area contributed by atoms with Crippen LogP contribution >= 0.6 is 11.8 Å². The van der Waals surface area contributed by atoms with E-state index < -0.39 is 0 Å². The van der Waals surface area contributed by atoms with Crippen LogP contribution < -0.4 is 4.90 Å². The molecule has 142 valence electrons. The zero-order valence-electron chi connectivity index (χ0n) is 15.6. The summed E-state index contributed by atoms with van der Waals surface area (Å²) in [5.41, 5.74) is 3.01. The average molecular weight is 392 g/mol. The lowest BCUT2D eigenvalue weighted by molar-refractivity contribution is -0.116. The molecule has 0 radical (unpaired) electrons. The molecule has 0 spiro atoms. The van der Waals surface area contributed by atoms with Crippen LogP contribution in [-0.4, -0.2) is 33.4 Å². The van der Waals surface area contributed by atoms with E-state index in [2.05, 4.69) is 40.3 Å². The van der Waals surface area contributed by atoms with Gasteiger partial charge in [0.15, 0.2) is 5.82 Å². The van der Waals surface area contributed by atoms with Crippen molar-refractivity contribution in [2.75, 3.05) is 17.2 Å². The smallest absolute Gasteiger partial charge is 0.237 e. The highest BCUT2D eigenvalue weighted by Gasteiger charge is 2.17. The molecule has 0 bridgehead atoms. The van der Waals surface area contributed by atoms with Gasteiger partial charge in [0.2, 0.25) is 11.1 Å². The van der Waals surface area contributed by atoms with Crippen LogP contribution in [0.1, 0.15) is 18.9 Å². The van der Waals surface area contributed by atoms with E-state index >= 15 is 0 Å². The number of nitrogens with one attached hydrogen (secondary N) is 1. The number of carbonyl (C=O) groups excluding carboxylic acids is 1. The van der Waals surface area contributed by atoms with Gasteiger partial charge in [0.1, 0.15) is 0 Å². The molecule has 0 saturated carbocycles. The zero-order chi connectivity index (χ0) is 19.8. The second kappa shape index (κ2) is 9.72. The lowest BCUT2D eigenvalue weighted by Gasteiger charge is -2.21. The van der Waals surface area contributed by atoms with Gasteiger partial charge in [-0.1, -0.05) is 61.2 Å². The van der Waals surface area contributed by atoms with E-state index in [1.807, 2.05) is 42.5 Å². The minimum absolute atomic E-state index is 0.0786. The molecule has 0 fully saturated rings. The molecule has 0 atom stereocenters. The predicted octanol–water partition coefficient (Wildman–Crippen LogP) is 4.07. The third kappa shape index (κ3) is 4.99. The fraction of sp³-hybridized carbons (Fsp3) is 0.238. The first-order valence-electron chi connectivity index (χ1n) is 9.08. The number of thioether (sulfide) groups is 1. The summed E-state index contributed by atoms with van der Waals surface area (Å²) in [6, 6.07) is 19.6. The fourth-order valence-corrected chi connectivity index (χ4v) is 3.38. The summed E-state index contributed by atoms with van der Waals surface area (Å²) in [7, 11) is 0. The molecular weight excluding hydrogens is 370 g/mol. The van der Waals surface area contributed by atoms with Gasteiger partial charge in [-0.15, -0.1) is 5.10 Å². The number of hydrogen-bond acceptors (Lipinski definition) is 5. The number of H-pyrrole nitrogens is 1. The van der Waals surface area contributed by atoms with Gasteiger partial charge in [-0.3, -0.25) is 9.89 Å². The van der Waals surface area contributed by atoms with E-state index in [4.69, 9.17) is 5.26 Å². The number of nitriles is 1. The van der Waals surface area contributed by atoms with Crippen LogP contribution in [0.15, 0.2) is 59.8 Å². The number of rotatable bonds is 8. The Labute approximate surface area is 168 Å². The van der Waals surface area contributed by atoms with E-state index in [-0.39, 0.29) is 18.1 Å². The average Bonchev–Trinajstić information content (AvgIpc) is 3.22. The van der Waals surface area contributed by atoms with Gasteiger partial charge in [-0.25, -0.2) is 4.98 Å². The quantitative estimate of drug-likeness (QED) is 0.585. The molecule has 1 aromatic heterocycles. The summed E-state index contributed by atoms with van der Waals surface area (Å²) in [4.78, 5) is 18.8. The number of aryl methyl sites for hydroxylation is 1. The van der Waals surface area contributed by atoms with Crippen molar-refractivity contribution in [1.82, 2.24) is 15.2 Å². The first-order chi connectivity index (χ1) is 13.7. The third-order valence-electron chi connectivity index (χ3n) is 4.24. The van der Waals surface area contributed by atoms with E-state index in [9.17, 15) is 4.79 Å². The lowest BCUT2D eigenvalue weighted by Crippen LogP contribution is -2.33. The highest BCUT2D eigenvalue weighted by atomic mass is 32.2. The molecule has 2 aromatic carbocycles. The van der Waals surface area contributed by atoms with Gasteiger partial charge in [-0.2, -0.15) is 5.26 Å². The third-order valence-corrected chi connectivity index (χ3v) is 5.07. The maximum absolute atomic E-state index is 12.7. The van der Waals surface area contributed by atoms with Gasteiger partial charge < -0.3 is 4.90 Å². The minimum atomic E-state index is -0.0786. The van der Waals surface area contributed by atoms with Crippen molar-refractivity contribution in [1.29, 1.82) is 5.26 Å². The number of para-hydroxylation sites is 1. The number of hydrogen-bond donors (Lipinski definition) is 1. The molecule has 28 heavy (non-hydrogen) atoms. The Morgan fingerprint density at radius 3 is 2.61 bits per heavy atom. The molecule has 6 nitrogen and oxygen atoms in total. The number of amides is 1. The predicted molar refractivity (Wildman–Crippen MR) is 111 cm³/mol. The standard InChI is InChI=1S/C21H21N5OS/c1-2-16-9-11-17(12-10-16)20-23-21(25-24-20)28-15-19(27)26(14-6-13-22)18-7-4-3-5-8-18/h3-5,7-12H,2,6,14-15H2,1H3,(H,23,24,25). The van der Waals surface area contributed by atoms with E-state index in [0.717, 1.165) is 17.7 Å². The summed E-state index contributed by atoms with van der Waals surface area (Å²) < 4.78 is 0. The number of anilines is 1. The Kier molecular flexibility index (Phi) is 6.82. The van der Waals surface area contributed by atoms with Gasteiger partial charge >= 0.3 is 0 Å². The van der Waals surface area contributed by atoms with Gasteiger partial charge in [0, 0.05) is 17.8 Å². The zero-order valence-corrected chi connectivity index (χ0v) is 16.4. The van der Waals surface area contributed by atoms with Crippen LogP contribution in [0.5, 0.6) is 0 Å². The molecule has 3 aromatic rings. The van der Waals surface area contributed by atoms with E-state index in [1.165, 1.54) is 17.3 Å². The summed E-state index contributed by atoms with van der Waals surface area (Å²) >= 11 is 1.28. The van der Waals surface area contributed by atoms with Crippen LogP contribution in [-0.2, 0) is 11.2 Å². The van der Waals surface area contributed by atoms with Crippen LogP contribution in [0.4, 0.5) is 5.69 Å². The second-order valence-corrected chi connectivity index (χ2v) is 7.04. The maximum atomic E-state index is 12.7. The summed E-state index contributed by atoms with van der Waals surface area (Å²) in [5, 5.41) is 16.5. The number of nitrogens with zero attached hydrogens (tertiary/aromatic N) is 4. The second-order valence-electron chi connectivity index (χ2n) is 6.09. The highest BCUT2D eigenvalue weighted by Crippen LogP contribution is 2.21. The summed E-state index contributed by atoms with van der Waals surface area (Å²) in [5.74, 6) is 0.805. The molecule has 1 N–H and O–H groups in total. The molecule has 0 aliphatic heterocycles. The van der Waals surface area contributed by atoms with Crippen LogP contribution in [0.3, 0.4) is 0 Å². The molecule has 0 unspecified atom stereocenters.